The van der Waals surface area contributed by atoms with Crippen LogP contribution >= 0.6 is 11.6 Å². The van der Waals surface area contributed by atoms with E-state index >= 15 is 0 Å². The number of nitrogens with zero attached hydrogens (tertiary/aromatic N) is 3. The summed E-state index contributed by atoms with van der Waals surface area (Å²) in [5, 5.41) is 3.63. The van der Waals surface area contributed by atoms with Crippen LogP contribution in [0.4, 0.5) is 5.82 Å². The van der Waals surface area contributed by atoms with Gasteiger partial charge in [-0.15, -0.1) is 0 Å². The molecule has 2 unspecified atom stereocenters. The highest BCUT2D eigenvalue weighted by Gasteiger charge is 2.26. The van der Waals surface area contributed by atoms with E-state index in [1.807, 2.05) is 43.0 Å². The minimum absolute atomic E-state index is 0.0420. The fraction of sp³-hybridized carbons (Fsp3) is 0.389. The largest absolute Gasteiger partial charge is 0.372 e. The zero-order valence-electron chi connectivity index (χ0n) is 14.3. The lowest BCUT2D eigenvalue weighted by molar-refractivity contribution is -0.0586. The topological polar surface area (TPSA) is 67.4 Å². The van der Waals surface area contributed by atoms with Crippen molar-refractivity contribution in [2.75, 3.05) is 18.4 Å². The molecule has 0 saturated carbocycles. The van der Waals surface area contributed by atoms with Crippen molar-refractivity contribution in [3.63, 3.8) is 0 Å². The molecular formula is C18H21ClN4O2. The van der Waals surface area contributed by atoms with Crippen LogP contribution in [0.5, 0.6) is 0 Å². The fourth-order valence-electron chi connectivity index (χ4n) is 2.92. The molecule has 0 radical (unpaired) electrons. The Morgan fingerprint density at radius 2 is 1.96 bits per heavy atom. The second-order valence-electron chi connectivity index (χ2n) is 6.24. The van der Waals surface area contributed by atoms with Crippen LogP contribution in [0.25, 0.3) is 0 Å². The van der Waals surface area contributed by atoms with Crippen molar-refractivity contribution in [2.45, 2.75) is 32.6 Å². The molecule has 1 N–H and O–H groups in total. The van der Waals surface area contributed by atoms with Crippen molar-refractivity contribution >= 4 is 23.3 Å². The van der Waals surface area contributed by atoms with Gasteiger partial charge in [0, 0.05) is 25.2 Å². The molecule has 0 spiro atoms. The minimum atomic E-state index is 0.0420. The third kappa shape index (κ3) is 4.46. The molecule has 2 heterocycles. The quantitative estimate of drug-likeness (QED) is 0.907. The number of halogens is 1. The van der Waals surface area contributed by atoms with Crippen LogP contribution in [0.3, 0.4) is 0 Å². The maximum absolute atomic E-state index is 12.6. The molecule has 132 valence electrons. The number of ether oxygens (including phenoxy) is 1. The second kappa shape index (κ2) is 7.80. The number of morpholine rings is 1. The molecule has 1 amide bonds. The number of aromatic nitrogens is 2. The van der Waals surface area contributed by atoms with E-state index in [1.54, 1.807) is 6.20 Å². The smallest absolute Gasteiger partial charge is 0.254 e. The van der Waals surface area contributed by atoms with E-state index in [0.717, 1.165) is 5.56 Å². The number of benzene rings is 1. The Kier molecular flexibility index (Phi) is 5.50. The molecule has 1 aliphatic rings. The average Bonchev–Trinajstić information content (AvgIpc) is 2.60. The van der Waals surface area contributed by atoms with Crippen molar-refractivity contribution in [1.29, 1.82) is 0 Å². The normalized spacial score (nSPS) is 20.4. The van der Waals surface area contributed by atoms with Gasteiger partial charge < -0.3 is 15.0 Å². The maximum atomic E-state index is 12.6. The molecule has 0 bridgehead atoms. The minimum Gasteiger partial charge on any atom is -0.372 e. The summed E-state index contributed by atoms with van der Waals surface area (Å²) in [4.78, 5) is 22.4. The maximum Gasteiger partial charge on any atom is 0.254 e. The van der Waals surface area contributed by atoms with Crippen LogP contribution in [-0.2, 0) is 11.3 Å². The van der Waals surface area contributed by atoms with Crippen LogP contribution in [-0.4, -0.2) is 46.1 Å². The van der Waals surface area contributed by atoms with E-state index < -0.39 is 0 Å². The molecule has 25 heavy (non-hydrogen) atoms. The summed E-state index contributed by atoms with van der Waals surface area (Å²) in [5.74, 6) is 0.633. The lowest BCUT2D eigenvalue weighted by atomic mass is 10.1. The third-order valence-corrected chi connectivity index (χ3v) is 4.31. The molecule has 3 rings (SSSR count). The Hall–Kier alpha value is -2.18. The van der Waals surface area contributed by atoms with Gasteiger partial charge in [0.1, 0.15) is 17.2 Å². The summed E-state index contributed by atoms with van der Waals surface area (Å²) in [5.41, 5.74) is 1.72. The molecular weight excluding hydrogens is 340 g/mol. The number of carbonyl (C=O) groups is 1. The molecule has 1 aromatic heterocycles. The van der Waals surface area contributed by atoms with Gasteiger partial charge in [0.15, 0.2) is 0 Å². The zero-order valence-corrected chi connectivity index (χ0v) is 15.0. The summed E-state index contributed by atoms with van der Waals surface area (Å²) >= 11 is 6.02. The number of anilines is 1. The van der Waals surface area contributed by atoms with Gasteiger partial charge in [-0.05, 0) is 31.5 Å². The summed E-state index contributed by atoms with van der Waals surface area (Å²) in [6.07, 6.45) is 3.12. The monoisotopic (exact) mass is 360 g/mol. The SMILES string of the molecule is CC1CN(C(=O)c2ccc(CNc3ncncc3Cl)cc2)CC(C)O1. The molecule has 7 heteroatoms. The van der Waals surface area contributed by atoms with Crippen molar-refractivity contribution in [2.24, 2.45) is 0 Å². The molecule has 1 saturated heterocycles. The number of hydrogen-bond acceptors (Lipinski definition) is 5. The van der Waals surface area contributed by atoms with E-state index in [1.165, 1.54) is 6.33 Å². The van der Waals surface area contributed by atoms with E-state index in [2.05, 4.69) is 15.3 Å². The zero-order chi connectivity index (χ0) is 17.8. The van der Waals surface area contributed by atoms with Gasteiger partial charge >= 0.3 is 0 Å². The first kappa shape index (κ1) is 17.6. The Balaban J connectivity index is 1.62. The van der Waals surface area contributed by atoms with Gasteiger partial charge in [0.05, 0.1) is 18.4 Å². The van der Waals surface area contributed by atoms with Gasteiger partial charge in [0.2, 0.25) is 0 Å². The van der Waals surface area contributed by atoms with Crippen LogP contribution < -0.4 is 5.32 Å². The lowest BCUT2D eigenvalue weighted by Gasteiger charge is -2.35. The number of hydrogen-bond donors (Lipinski definition) is 1. The van der Waals surface area contributed by atoms with E-state index in [4.69, 9.17) is 16.3 Å². The highest BCUT2D eigenvalue weighted by molar-refractivity contribution is 6.32. The first-order chi connectivity index (χ1) is 12.0. The van der Waals surface area contributed by atoms with E-state index in [0.29, 0.717) is 36.0 Å². The van der Waals surface area contributed by atoms with E-state index in [-0.39, 0.29) is 18.1 Å². The van der Waals surface area contributed by atoms with Gasteiger partial charge in [-0.25, -0.2) is 9.97 Å². The van der Waals surface area contributed by atoms with Crippen LogP contribution in [0.2, 0.25) is 5.02 Å². The average molecular weight is 361 g/mol. The third-order valence-electron chi connectivity index (χ3n) is 4.04. The first-order valence-electron chi connectivity index (χ1n) is 8.26. The Labute approximate surface area is 152 Å². The molecule has 0 aliphatic carbocycles. The molecule has 1 aromatic carbocycles. The Bertz CT molecular complexity index is 728. The summed E-state index contributed by atoms with van der Waals surface area (Å²) in [7, 11) is 0. The second-order valence-corrected chi connectivity index (χ2v) is 6.64. The predicted octanol–water partition coefficient (Wildman–Crippen LogP) is 2.99. The van der Waals surface area contributed by atoms with Crippen molar-refractivity contribution in [3.8, 4) is 0 Å². The van der Waals surface area contributed by atoms with Crippen molar-refractivity contribution < 1.29 is 9.53 Å². The highest BCUT2D eigenvalue weighted by atomic mass is 35.5. The Morgan fingerprint density at radius 1 is 1.28 bits per heavy atom. The number of rotatable bonds is 4. The number of carbonyl (C=O) groups excluding carboxylic acids is 1. The Morgan fingerprint density at radius 3 is 2.60 bits per heavy atom. The molecule has 6 nitrogen and oxygen atoms in total. The molecule has 2 atom stereocenters. The summed E-state index contributed by atoms with van der Waals surface area (Å²) in [6.45, 7) is 5.79. The first-order valence-corrected chi connectivity index (χ1v) is 8.64. The van der Waals surface area contributed by atoms with Gasteiger partial charge in [0.25, 0.3) is 5.91 Å². The molecule has 1 aliphatic heterocycles. The fourth-order valence-corrected chi connectivity index (χ4v) is 3.09. The number of amides is 1. The highest BCUT2D eigenvalue weighted by Crippen LogP contribution is 2.18. The van der Waals surface area contributed by atoms with Crippen LogP contribution in [0.15, 0.2) is 36.8 Å². The van der Waals surface area contributed by atoms with Gasteiger partial charge in [-0.1, -0.05) is 23.7 Å². The number of nitrogens with one attached hydrogen (secondary N) is 1. The van der Waals surface area contributed by atoms with Gasteiger partial charge in [-0.3, -0.25) is 4.79 Å². The molecule has 2 aromatic rings. The summed E-state index contributed by atoms with van der Waals surface area (Å²) in [6, 6.07) is 7.57. The summed E-state index contributed by atoms with van der Waals surface area (Å²) < 4.78 is 5.68. The lowest BCUT2D eigenvalue weighted by Crippen LogP contribution is -2.48. The van der Waals surface area contributed by atoms with E-state index in [9.17, 15) is 4.79 Å². The predicted molar refractivity (Wildman–Crippen MR) is 96.7 cm³/mol. The standard InChI is InChI=1S/C18H21ClN4O2/c1-12-9-23(10-13(2)25-12)18(24)15-5-3-14(4-6-15)7-21-17-16(19)8-20-11-22-17/h3-6,8,11-13H,7,9-10H2,1-2H3,(H,20,21,22). The van der Waals surface area contributed by atoms with Crippen LogP contribution in [0.1, 0.15) is 29.8 Å². The van der Waals surface area contributed by atoms with Crippen molar-refractivity contribution in [1.82, 2.24) is 14.9 Å². The molecule has 1 fully saturated rings. The van der Waals surface area contributed by atoms with Gasteiger partial charge in [-0.2, -0.15) is 0 Å². The van der Waals surface area contributed by atoms with Crippen LogP contribution in [0, 0.1) is 0 Å². The van der Waals surface area contributed by atoms with Crippen molar-refractivity contribution in [3.05, 3.63) is 52.9 Å².